The number of hydrogen-bond donors (Lipinski definition) is 4. The van der Waals surface area contributed by atoms with Gasteiger partial charge in [0, 0.05) is 0 Å². The largest absolute Gasteiger partial charge is 0.496 e. The molecule has 0 amide bonds. The van der Waals surface area contributed by atoms with Crippen molar-refractivity contribution >= 4 is 11.4 Å². The fraction of sp³-hybridized carbons (Fsp3) is 0.500. The van der Waals surface area contributed by atoms with E-state index in [9.17, 15) is 20.3 Å². The van der Waals surface area contributed by atoms with Gasteiger partial charge in [0.2, 0.25) is 0 Å². The Bertz CT molecular complexity index is 524. The van der Waals surface area contributed by atoms with Gasteiger partial charge < -0.3 is 30.1 Å². The Labute approximate surface area is 119 Å². The quantitative estimate of drug-likeness (QED) is 0.420. The van der Waals surface area contributed by atoms with Gasteiger partial charge in [0.15, 0.2) is 6.23 Å². The summed E-state index contributed by atoms with van der Waals surface area (Å²) in [7, 11) is 1.39. The summed E-state index contributed by atoms with van der Waals surface area (Å²) in [6.07, 6.45) is -4.60. The van der Waals surface area contributed by atoms with Gasteiger partial charge in [0.1, 0.15) is 29.7 Å². The second-order valence-electron chi connectivity index (χ2n) is 4.54. The van der Waals surface area contributed by atoms with Gasteiger partial charge in [0.25, 0.3) is 5.69 Å². The van der Waals surface area contributed by atoms with Crippen LogP contribution in [0.1, 0.15) is 0 Å². The van der Waals surface area contributed by atoms with Gasteiger partial charge in [-0.2, -0.15) is 0 Å². The predicted octanol–water partition coefficient (Wildman–Crippen LogP) is -0.546. The summed E-state index contributed by atoms with van der Waals surface area (Å²) < 4.78 is 10.1. The van der Waals surface area contributed by atoms with Crippen LogP contribution in [0.25, 0.3) is 0 Å². The van der Waals surface area contributed by atoms with Crippen molar-refractivity contribution in [3.05, 3.63) is 28.3 Å². The lowest BCUT2D eigenvalue weighted by molar-refractivity contribution is -0.384. The highest BCUT2D eigenvalue weighted by atomic mass is 16.6. The van der Waals surface area contributed by atoms with Gasteiger partial charge in [-0.05, 0) is 12.1 Å². The van der Waals surface area contributed by atoms with Gasteiger partial charge >= 0.3 is 0 Å². The van der Waals surface area contributed by atoms with Crippen LogP contribution in [0.3, 0.4) is 0 Å². The first kappa shape index (κ1) is 15.4. The summed E-state index contributed by atoms with van der Waals surface area (Å²) in [6.45, 7) is -0.471. The van der Waals surface area contributed by atoms with E-state index in [0.29, 0.717) is 5.75 Å². The Balaban J connectivity index is 2.22. The zero-order chi connectivity index (χ0) is 15.6. The Morgan fingerprint density at radius 3 is 2.67 bits per heavy atom. The maximum absolute atomic E-state index is 11.0. The van der Waals surface area contributed by atoms with Gasteiger partial charge in [0.05, 0.1) is 24.7 Å². The molecule has 0 saturated carbocycles. The molecule has 1 heterocycles. The van der Waals surface area contributed by atoms with Crippen molar-refractivity contribution < 1.29 is 29.7 Å². The van der Waals surface area contributed by atoms with Crippen LogP contribution in [0.15, 0.2) is 18.2 Å². The van der Waals surface area contributed by atoms with Crippen molar-refractivity contribution in [3.63, 3.8) is 0 Å². The van der Waals surface area contributed by atoms with E-state index in [-0.39, 0.29) is 11.4 Å². The molecule has 1 aliphatic heterocycles. The normalized spacial score (nSPS) is 28.4. The minimum absolute atomic E-state index is 0.107. The Kier molecular flexibility index (Phi) is 4.58. The molecule has 9 nitrogen and oxygen atoms in total. The van der Waals surface area contributed by atoms with Gasteiger partial charge in [-0.25, -0.2) is 0 Å². The minimum Gasteiger partial charge on any atom is -0.496 e. The van der Waals surface area contributed by atoms with Crippen LogP contribution >= 0.6 is 0 Å². The van der Waals surface area contributed by atoms with Crippen molar-refractivity contribution in [2.24, 2.45) is 0 Å². The SMILES string of the molecule is COc1ccc(N[C@@H]2O[C@H](CO)[C@@H](O)[C@@H]2O)c([N+](=O)[O-])c1. The molecular formula is C12H16N2O7. The summed E-state index contributed by atoms with van der Waals surface area (Å²) in [5.41, 5.74) is -0.150. The number of anilines is 1. The van der Waals surface area contributed by atoms with Crippen LogP contribution in [0.4, 0.5) is 11.4 Å². The molecule has 1 fully saturated rings. The topological polar surface area (TPSA) is 134 Å². The standard InChI is InChI=1S/C12H16N2O7/c1-20-6-2-3-7(8(4-6)14(18)19)13-12-11(17)10(16)9(5-15)21-12/h2-4,9-13,15-17H,5H2,1H3/t9-,10-,11+,12-/m1/s1. The number of nitro groups is 1. The smallest absolute Gasteiger partial charge is 0.296 e. The fourth-order valence-electron chi connectivity index (χ4n) is 2.08. The predicted molar refractivity (Wildman–Crippen MR) is 71.0 cm³/mol. The molecule has 0 aromatic heterocycles. The van der Waals surface area contributed by atoms with E-state index < -0.39 is 36.1 Å². The summed E-state index contributed by atoms with van der Waals surface area (Å²) >= 11 is 0. The lowest BCUT2D eigenvalue weighted by Gasteiger charge is -2.17. The second kappa shape index (κ2) is 6.22. The molecule has 1 aromatic carbocycles. The summed E-state index contributed by atoms with van der Waals surface area (Å²) in [5.74, 6) is 0.313. The Hall–Kier alpha value is -1.94. The van der Waals surface area contributed by atoms with E-state index in [0.717, 1.165) is 0 Å². The number of hydrogen-bond acceptors (Lipinski definition) is 8. The lowest BCUT2D eigenvalue weighted by atomic mass is 10.1. The number of rotatable bonds is 5. The molecule has 0 bridgehead atoms. The van der Waals surface area contributed by atoms with E-state index in [1.54, 1.807) is 0 Å². The number of nitrogens with one attached hydrogen (secondary N) is 1. The minimum atomic E-state index is -1.32. The van der Waals surface area contributed by atoms with Crippen LogP contribution in [0, 0.1) is 10.1 Å². The van der Waals surface area contributed by atoms with Crippen molar-refractivity contribution in [3.8, 4) is 5.75 Å². The van der Waals surface area contributed by atoms with Crippen LogP contribution in [-0.2, 0) is 4.74 Å². The van der Waals surface area contributed by atoms with Gasteiger partial charge in [-0.15, -0.1) is 0 Å². The summed E-state index contributed by atoms with van der Waals surface area (Å²) in [6, 6.07) is 4.14. The maximum Gasteiger partial charge on any atom is 0.296 e. The monoisotopic (exact) mass is 300 g/mol. The zero-order valence-electron chi connectivity index (χ0n) is 11.2. The molecule has 4 atom stereocenters. The highest BCUT2D eigenvalue weighted by Gasteiger charge is 2.42. The number of aliphatic hydroxyl groups is 3. The molecule has 21 heavy (non-hydrogen) atoms. The van der Waals surface area contributed by atoms with Gasteiger partial charge in [-0.1, -0.05) is 0 Å². The van der Waals surface area contributed by atoms with Crippen molar-refractivity contribution in [1.82, 2.24) is 0 Å². The third kappa shape index (κ3) is 3.05. The Morgan fingerprint density at radius 1 is 1.43 bits per heavy atom. The third-order valence-corrected chi connectivity index (χ3v) is 3.24. The third-order valence-electron chi connectivity index (χ3n) is 3.24. The van der Waals surface area contributed by atoms with Crippen LogP contribution < -0.4 is 10.1 Å². The highest BCUT2D eigenvalue weighted by Crippen LogP contribution is 2.31. The average molecular weight is 300 g/mol. The molecule has 0 unspecified atom stereocenters. The molecule has 0 radical (unpaired) electrons. The van der Waals surface area contributed by atoms with E-state index in [1.165, 1.54) is 25.3 Å². The van der Waals surface area contributed by atoms with Crippen LogP contribution in [0.5, 0.6) is 5.75 Å². The Morgan fingerprint density at radius 2 is 2.14 bits per heavy atom. The molecule has 9 heteroatoms. The number of methoxy groups -OCH3 is 1. The number of aliphatic hydroxyl groups excluding tert-OH is 3. The number of benzene rings is 1. The lowest BCUT2D eigenvalue weighted by Crippen LogP contribution is -2.36. The zero-order valence-corrected chi connectivity index (χ0v) is 11.2. The molecule has 1 aromatic rings. The van der Waals surface area contributed by atoms with E-state index in [2.05, 4.69) is 5.32 Å². The van der Waals surface area contributed by atoms with E-state index in [1.807, 2.05) is 0 Å². The number of ether oxygens (including phenoxy) is 2. The van der Waals surface area contributed by atoms with Crippen molar-refractivity contribution in [1.29, 1.82) is 0 Å². The number of nitrogens with zero attached hydrogens (tertiary/aromatic N) is 1. The molecule has 4 N–H and O–H groups in total. The first-order valence-corrected chi connectivity index (χ1v) is 6.19. The van der Waals surface area contributed by atoms with Crippen molar-refractivity contribution in [2.75, 3.05) is 19.0 Å². The van der Waals surface area contributed by atoms with Gasteiger partial charge in [-0.3, -0.25) is 10.1 Å². The molecule has 1 aliphatic rings. The highest BCUT2D eigenvalue weighted by molar-refractivity contribution is 5.64. The molecule has 0 spiro atoms. The maximum atomic E-state index is 11.0. The molecular weight excluding hydrogens is 284 g/mol. The molecule has 1 saturated heterocycles. The second-order valence-corrected chi connectivity index (χ2v) is 4.54. The summed E-state index contributed by atoms with van der Waals surface area (Å²) in [4.78, 5) is 10.4. The van der Waals surface area contributed by atoms with Crippen LogP contribution in [-0.4, -0.2) is 58.5 Å². The molecule has 2 rings (SSSR count). The van der Waals surface area contributed by atoms with Crippen LogP contribution in [0.2, 0.25) is 0 Å². The molecule has 116 valence electrons. The molecule has 0 aliphatic carbocycles. The van der Waals surface area contributed by atoms with Crippen molar-refractivity contribution in [2.45, 2.75) is 24.5 Å². The average Bonchev–Trinajstić information content (AvgIpc) is 2.75. The fourth-order valence-corrected chi connectivity index (χ4v) is 2.08. The summed E-state index contributed by atoms with van der Waals surface area (Å²) in [5, 5.41) is 42.1. The number of nitro benzene ring substituents is 1. The van der Waals surface area contributed by atoms with E-state index >= 15 is 0 Å². The first-order valence-electron chi connectivity index (χ1n) is 6.19. The van der Waals surface area contributed by atoms with E-state index in [4.69, 9.17) is 14.6 Å². The first-order chi connectivity index (χ1) is 9.97.